The molecule has 0 saturated carbocycles. The molecule has 0 aliphatic rings. The number of carboxylic acids is 2. The van der Waals surface area contributed by atoms with E-state index in [0.717, 1.165) is 5.52 Å². The van der Waals surface area contributed by atoms with Gasteiger partial charge >= 0.3 is 11.9 Å². The maximum atomic E-state index is 11.5. The lowest BCUT2D eigenvalue weighted by Gasteiger charge is -2.06. The summed E-state index contributed by atoms with van der Waals surface area (Å²) in [7, 11) is 1.79. The minimum absolute atomic E-state index is 0.0756. The van der Waals surface area contributed by atoms with Crippen molar-refractivity contribution in [1.29, 1.82) is 0 Å². The molecule has 0 amide bonds. The van der Waals surface area contributed by atoms with E-state index >= 15 is 0 Å². The van der Waals surface area contributed by atoms with E-state index in [1.807, 2.05) is 12.1 Å². The van der Waals surface area contributed by atoms with Crippen molar-refractivity contribution in [1.82, 2.24) is 4.57 Å². The fraction of sp³-hybridized carbons (Fsp3) is 0.200. The summed E-state index contributed by atoms with van der Waals surface area (Å²) in [6, 6.07) is 7.23. The van der Waals surface area contributed by atoms with Crippen molar-refractivity contribution < 1.29 is 19.8 Å². The number of hydrogen-bond acceptors (Lipinski definition) is 2. The molecule has 0 radical (unpaired) electrons. The second kappa shape index (κ2) is 5.21. The van der Waals surface area contributed by atoms with Gasteiger partial charge in [0.2, 0.25) is 0 Å². The SMILES string of the molecule is C=C(CCc1c(C(=O)O)c2ccccc2n1C)C(=O)O. The van der Waals surface area contributed by atoms with Gasteiger partial charge in [-0.1, -0.05) is 24.8 Å². The molecule has 0 aliphatic carbocycles. The highest BCUT2D eigenvalue weighted by Crippen LogP contribution is 2.26. The smallest absolute Gasteiger partial charge is 0.338 e. The first-order chi connectivity index (χ1) is 9.43. The summed E-state index contributed by atoms with van der Waals surface area (Å²) in [5.74, 6) is -2.06. The summed E-state index contributed by atoms with van der Waals surface area (Å²) in [5.41, 5.74) is 1.75. The van der Waals surface area contributed by atoms with Crippen LogP contribution in [0.1, 0.15) is 22.5 Å². The number of carbonyl (C=O) groups is 2. The number of fused-ring (bicyclic) bond motifs is 1. The van der Waals surface area contributed by atoms with Gasteiger partial charge in [-0.15, -0.1) is 0 Å². The summed E-state index contributed by atoms with van der Waals surface area (Å²) < 4.78 is 1.80. The molecule has 2 aromatic rings. The van der Waals surface area contributed by atoms with Crippen molar-refractivity contribution in [3.63, 3.8) is 0 Å². The second-order valence-electron chi connectivity index (χ2n) is 4.61. The van der Waals surface area contributed by atoms with Crippen LogP contribution in [0.25, 0.3) is 10.9 Å². The van der Waals surface area contributed by atoms with E-state index in [9.17, 15) is 14.7 Å². The second-order valence-corrected chi connectivity index (χ2v) is 4.61. The van der Waals surface area contributed by atoms with Crippen LogP contribution in [0, 0.1) is 0 Å². The summed E-state index contributed by atoms with van der Waals surface area (Å²) in [6.45, 7) is 3.47. The minimum Gasteiger partial charge on any atom is -0.478 e. The van der Waals surface area contributed by atoms with Gasteiger partial charge in [0, 0.05) is 29.2 Å². The Morgan fingerprint density at radius 1 is 1.25 bits per heavy atom. The van der Waals surface area contributed by atoms with Crippen molar-refractivity contribution in [2.45, 2.75) is 12.8 Å². The first kappa shape index (κ1) is 13.9. The van der Waals surface area contributed by atoms with Gasteiger partial charge in [-0.3, -0.25) is 0 Å². The molecule has 2 rings (SSSR count). The molecule has 1 heterocycles. The number of aromatic carboxylic acids is 1. The molecule has 0 bridgehead atoms. The number of aliphatic carboxylic acids is 1. The largest absolute Gasteiger partial charge is 0.478 e. The highest BCUT2D eigenvalue weighted by atomic mass is 16.4. The Kier molecular flexibility index (Phi) is 3.61. The highest BCUT2D eigenvalue weighted by molar-refractivity contribution is 6.05. The first-order valence-corrected chi connectivity index (χ1v) is 6.14. The third-order valence-electron chi connectivity index (χ3n) is 3.41. The lowest BCUT2D eigenvalue weighted by Crippen LogP contribution is -2.07. The normalized spacial score (nSPS) is 10.7. The van der Waals surface area contributed by atoms with E-state index in [1.54, 1.807) is 23.7 Å². The first-order valence-electron chi connectivity index (χ1n) is 6.14. The van der Waals surface area contributed by atoms with Gasteiger partial charge in [0.15, 0.2) is 0 Å². The molecule has 0 saturated heterocycles. The molecule has 1 aromatic heterocycles. The molecule has 5 nitrogen and oxygen atoms in total. The van der Waals surface area contributed by atoms with Crippen LogP contribution in [0.5, 0.6) is 0 Å². The molecule has 0 fully saturated rings. The number of carboxylic acid groups (broad SMARTS) is 2. The predicted molar refractivity (Wildman–Crippen MR) is 75.0 cm³/mol. The lowest BCUT2D eigenvalue weighted by molar-refractivity contribution is -0.132. The van der Waals surface area contributed by atoms with Crippen LogP contribution in [-0.4, -0.2) is 26.7 Å². The van der Waals surface area contributed by atoms with E-state index < -0.39 is 11.9 Å². The Hall–Kier alpha value is -2.56. The average Bonchev–Trinajstić information content (AvgIpc) is 2.69. The fourth-order valence-electron chi connectivity index (χ4n) is 2.35. The van der Waals surface area contributed by atoms with Gasteiger partial charge in [-0.2, -0.15) is 0 Å². The number of para-hydroxylation sites is 1. The van der Waals surface area contributed by atoms with Crippen LogP contribution in [0.2, 0.25) is 0 Å². The van der Waals surface area contributed by atoms with Crippen LogP contribution in [0.15, 0.2) is 36.4 Å². The zero-order chi connectivity index (χ0) is 14.9. The van der Waals surface area contributed by atoms with Crippen molar-refractivity contribution in [2.24, 2.45) is 7.05 Å². The molecule has 20 heavy (non-hydrogen) atoms. The molecule has 0 unspecified atom stereocenters. The molecule has 0 aliphatic heterocycles. The van der Waals surface area contributed by atoms with Gasteiger partial charge in [0.25, 0.3) is 0 Å². The van der Waals surface area contributed by atoms with E-state index in [1.165, 1.54) is 0 Å². The Labute approximate surface area is 115 Å². The maximum absolute atomic E-state index is 11.5. The minimum atomic E-state index is -1.05. The standard InChI is InChI=1S/C15H15NO4/c1-9(14(17)18)7-8-12-13(15(19)20)10-5-3-4-6-11(10)16(12)2/h3-6H,1,7-8H2,2H3,(H,17,18)(H,19,20). The van der Waals surface area contributed by atoms with E-state index in [-0.39, 0.29) is 17.6 Å². The highest BCUT2D eigenvalue weighted by Gasteiger charge is 2.20. The van der Waals surface area contributed by atoms with Crippen LogP contribution in [0.3, 0.4) is 0 Å². The number of hydrogen-bond donors (Lipinski definition) is 2. The molecule has 2 N–H and O–H groups in total. The summed E-state index contributed by atoms with van der Waals surface area (Å²) >= 11 is 0. The quantitative estimate of drug-likeness (QED) is 0.820. The number of nitrogens with zero attached hydrogens (tertiary/aromatic N) is 1. The molecule has 5 heteroatoms. The summed E-state index contributed by atoms with van der Waals surface area (Å²) in [4.78, 5) is 22.2. The average molecular weight is 273 g/mol. The summed E-state index contributed by atoms with van der Waals surface area (Å²) in [6.07, 6.45) is 0.553. The van der Waals surface area contributed by atoms with Crippen molar-refractivity contribution in [3.8, 4) is 0 Å². The third kappa shape index (κ3) is 2.30. The number of rotatable bonds is 5. The molecular formula is C15H15NO4. The number of aromatic nitrogens is 1. The maximum Gasteiger partial charge on any atom is 0.338 e. The Balaban J connectivity index is 2.49. The van der Waals surface area contributed by atoms with Gasteiger partial charge in [0.05, 0.1) is 5.56 Å². The Morgan fingerprint density at radius 2 is 1.90 bits per heavy atom. The van der Waals surface area contributed by atoms with E-state index in [2.05, 4.69) is 6.58 Å². The molecule has 0 spiro atoms. The fourth-order valence-corrected chi connectivity index (χ4v) is 2.35. The van der Waals surface area contributed by atoms with Crippen LogP contribution in [-0.2, 0) is 18.3 Å². The van der Waals surface area contributed by atoms with Crippen molar-refractivity contribution in [3.05, 3.63) is 47.7 Å². The molecule has 0 atom stereocenters. The van der Waals surface area contributed by atoms with Gasteiger partial charge < -0.3 is 14.8 Å². The zero-order valence-electron chi connectivity index (χ0n) is 11.1. The lowest BCUT2D eigenvalue weighted by atomic mass is 10.1. The van der Waals surface area contributed by atoms with Gasteiger partial charge in [0.1, 0.15) is 0 Å². The van der Waals surface area contributed by atoms with E-state index in [4.69, 9.17) is 5.11 Å². The van der Waals surface area contributed by atoms with Crippen molar-refractivity contribution in [2.75, 3.05) is 0 Å². The predicted octanol–water partition coefficient (Wildman–Crippen LogP) is 2.45. The number of benzene rings is 1. The van der Waals surface area contributed by atoms with Crippen LogP contribution in [0.4, 0.5) is 0 Å². The third-order valence-corrected chi connectivity index (χ3v) is 3.41. The monoisotopic (exact) mass is 273 g/mol. The van der Waals surface area contributed by atoms with Crippen molar-refractivity contribution >= 4 is 22.8 Å². The van der Waals surface area contributed by atoms with Crippen LogP contribution < -0.4 is 0 Å². The molecular weight excluding hydrogens is 258 g/mol. The topological polar surface area (TPSA) is 79.5 Å². The number of aryl methyl sites for hydroxylation is 1. The molecule has 104 valence electrons. The Morgan fingerprint density at radius 3 is 2.50 bits per heavy atom. The van der Waals surface area contributed by atoms with Gasteiger partial charge in [-0.05, 0) is 18.9 Å². The van der Waals surface area contributed by atoms with Crippen LogP contribution >= 0.6 is 0 Å². The zero-order valence-corrected chi connectivity index (χ0v) is 11.1. The molecule has 1 aromatic carbocycles. The summed E-state index contributed by atoms with van der Waals surface area (Å²) in [5, 5.41) is 18.9. The van der Waals surface area contributed by atoms with Gasteiger partial charge in [-0.25, -0.2) is 9.59 Å². The Bertz CT molecular complexity index is 712. The van der Waals surface area contributed by atoms with E-state index in [0.29, 0.717) is 17.5 Å².